The topological polar surface area (TPSA) is 38.0 Å². The van der Waals surface area contributed by atoms with Gasteiger partial charge >= 0.3 is 0 Å². The predicted molar refractivity (Wildman–Crippen MR) is 44.5 cm³/mol. The molecule has 0 heterocycles. The SMILES string of the molecule is BNB(B)B(B)N. The van der Waals surface area contributed by atoms with E-state index in [0.29, 0.717) is 6.63 Å². The summed E-state index contributed by atoms with van der Waals surface area (Å²) < 4.78 is 0. The summed E-state index contributed by atoms with van der Waals surface area (Å²) in [6, 6.07) is 0. The summed E-state index contributed by atoms with van der Waals surface area (Å²) in [5.74, 6) is 0. The zero-order valence-corrected chi connectivity index (χ0v) is 5.23. The molecule has 0 aromatic carbocycles. The van der Waals surface area contributed by atoms with Crippen LogP contribution in [0.1, 0.15) is 0 Å². The summed E-state index contributed by atoms with van der Waals surface area (Å²) in [7, 11) is 5.96. The molecule has 2 nitrogen and oxygen atoms in total. The Labute approximate surface area is 48.4 Å². The Bertz CT molecular complexity index is 43.3. The van der Waals surface area contributed by atoms with E-state index in [1.54, 1.807) is 0 Å². The molecule has 34 valence electrons. The Hall–Kier alpha value is 0.245. The number of hydrogen-bond donors (Lipinski definition) is 2. The van der Waals surface area contributed by atoms with Gasteiger partial charge in [-0.05, 0) is 0 Å². The molecule has 0 atom stereocenters. The minimum atomic E-state index is 0.255. The highest BCUT2D eigenvalue weighted by Crippen LogP contribution is 1.60. The van der Waals surface area contributed by atoms with Crippen LogP contribution < -0.4 is 10.8 Å². The third-order valence-electron chi connectivity index (χ3n) is 1.24. The fraction of sp³-hybridized carbons (Fsp3) is 0. The first-order chi connectivity index (χ1) is 3.18. The number of nitrogens with one attached hydrogen (secondary N) is 1. The van der Waals surface area contributed by atoms with Gasteiger partial charge in [0.1, 0.15) is 13.3 Å². The Balaban J connectivity index is 3.14. The van der Waals surface area contributed by atoms with E-state index in [2.05, 4.69) is 12.9 Å². The summed E-state index contributed by atoms with van der Waals surface area (Å²) in [5.41, 5.74) is 5.48. The third kappa shape index (κ3) is 2.89. The van der Waals surface area contributed by atoms with Crippen LogP contribution in [-0.2, 0) is 0 Å². The monoisotopic (exact) mass is 92.1 g/mol. The van der Waals surface area contributed by atoms with E-state index in [1.165, 1.54) is 0 Å². The van der Waals surface area contributed by atoms with Crippen LogP contribution in [0.4, 0.5) is 0 Å². The van der Waals surface area contributed by atoms with Gasteiger partial charge in [0.25, 0.3) is 0 Å². The van der Waals surface area contributed by atoms with Gasteiger partial charge in [-0.25, -0.2) is 0 Å². The van der Waals surface area contributed by atoms with E-state index in [1.807, 2.05) is 15.7 Å². The molecular formula is H9B5N2. The molecule has 7 heteroatoms. The molecule has 0 fully saturated rings. The second-order valence-electron chi connectivity index (χ2n) is 1.94. The maximum absolute atomic E-state index is 5.48. The molecule has 0 aliphatic heterocycles. The van der Waals surface area contributed by atoms with Crippen LogP contribution in [0.3, 0.4) is 0 Å². The van der Waals surface area contributed by atoms with Gasteiger partial charge in [-0.2, -0.15) is 0 Å². The van der Waals surface area contributed by atoms with Gasteiger partial charge < -0.3 is 10.8 Å². The molecule has 3 N–H and O–H groups in total. The minimum absolute atomic E-state index is 0.255. The van der Waals surface area contributed by atoms with Gasteiger partial charge in [0.05, 0.1) is 15.5 Å². The molecule has 0 aromatic rings. The number of rotatable bonds is 2. The lowest BCUT2D eigenvalue weighted by Crippen LogP contribution is -2.54. The first-order valence-corrected chi connectivity index (χ1v) is 2.61. The van der Waals surface area contributed by atoms with E-state index < -0.39 is 0 Å². The molecule has 0 aromatic heterocycles. The van der Waals surface area contributed by atoms with Crippen molar-refractivity contribution in [3.8, 4) is 0 Å². The van der Waals surface area contributed by atoms with Crippen LogP contribution >= 0.6 is 0 Å². The molecule has 0 radical (unpaired) electrons. The Morgan fingerprint density at radius 1 is 1.43 bits per heavy atom. The van der Waals surface area contributed by atoms with Gasteiger partial charge in [-0.1, -0.05) is 0 Å². The molecule has 0 aliphatic rings. The van der Waals surface area contributed by atoms with Crippen molar-refractivity contribution in [3.05, 3.63) is 0 Å². The van der Waals surface area contributed by atoms with Gasteiger partial charge in [0.2, 0.25) is 0 Å². The van der Waals surface area contributed by atoms with Gasteiger partial charge in [-0.3, -0.25) is 0 Å². The summed E-state index contributed by atoms with van der Waals surface area (Å²) in [5, 5.41) is 3.04. The summed E-state index contributed by atoms with van der Waals surface area (Å²) in [6.45, 7) is 0.685. The van der Waals surface area contributed by atoms with E-state index in [0.717, 1.165) is 0 Å². The number of nitrogens with two attached hydrogens (primary N) is 1. The van der Waals surface area contributed by atoms with Crippen molar-refractivity contribution in [1.82, 2.24) is 5.14 Å². The molecule has 0 aliphatic carbocycles. The lowest BCUT2D eigenvalue weighted by Gasteiger charge is -2.05. The van der Waals surface area contributed by atoms with E-state index >= 15 is 0 Å². The molecule has 0 bridgehead atoms. The lowest BCUT2D eigenvalue weighted by atomic mass is 9.04. The van der Waals surface area contributed by atoms with Gasteiger partial charge in [-0.15, -0.1) is 0 Å². The fourth-order valence-electron chi connectivity index (χ4n) is 0.263. The van der Waals surface area contributed by atoms with Crippen molar-refractivity contribution in [1.29, 1.82) is 0 Å². The molecular weight excluding hydrogens is 82.1 g/mol. The van der Waals surface area contributed by atoms with Gasteiger partial charge in [0, 0.05) is 0 Å². The normalized spacial score (nSPS) is 8.14. The second-order valence-corrected chi connectivity index (χ2v) is 1.94. The lowest BCUT2D eigenvalue weighted by molar-refractivity contribution is 1.64. The van der Waals surface area contributed by atoms with Crippen LogP contribution in [0.15, 0.2) is 0 Å². The van der Waals surface area contributed by atoms with E-state index in [-0.39, 0.29) is 6.63 Å². The van der Waals surface area contributed by atoms with Gasteiger partial charge in [0.15, 0.2) is 7.98 Å². The van der Waals surface area contributed by atoms with Crippen molar-refractivity contribution in [2.24, 2.45) is 5.64 Å². The molecule has 0 spiro atoms. The highest BCUT2D eigenvalue weighted by Gasteiger charge is 2.10. The first kappa shape index (κ1) is 7.24. The zero-order chi connectivity index (χ0) is 5.86. The fourth-order valence-corrected chi connectivity index (χ4v) is 0.263. The molecule has 0 amide bonds. The number of hydrogen-bond acceptors (Lipinski definition) is 2. The third-order valence-corrected chi connectivity index (χ3v) is 1.24. The largest absolute Gasteiger partial charge is 0.415 e. The highest BCUT2D eigenvalue weighted by molar-refractivity contribution is 7.52. The molecule has 0 saturated carbocycles. The van der Waals surface area contributed by atoms with Crippen LogP contribution in [0.5, 0.6) is 0 Å². The van der Waals surface area contributed by atoms with Crippen LogP contribution in [-0.4, -0.2) is 36.7 Å². The van der Waals surface area contributed by atoms with E-state index in [4.69, 9.17) is 5.64 Å². The predicted octanol–water partition coefficient (Wildman–Crippen LogP) is -4.60. The average Bonchev–Trinajstić information content (AvgIpc) is 1.65. The van der Waals surface area contributed by atoms with Crippen molar-refractivity contribution < 1.29 is 0 Å². The Kier molecular flexibility index (Phi) is 3.39. The standard InChI is InChI=1S/B5H9N2/c1-4(6)5(2)7-3/h7H,1-3,6H2. The second kappa shape index (κ2) is 3.27. The van der Waals surface area contributed by atoms with Crippen LogP contribution in [0.2, 0.25) is 0 Å². The molecule has 0 rings (SSSR count). The average molecular weight is 91.1 g/mol. The minimum Gasteiger partial charge on any atom is -0.415 e. The maximum atomic E-state index is 5.48. The summed E-state index contributed by atoms with van der Waals surface area (Å²) in [6.07, 6.45) is 0. The first-order valence-electron chi connectivity index (χ1n) is 2.61. The molecule has 0 saturated heterocycles. The summed E-state index contributed by atoms with van der Waals surface area (Å²) >= 11 is 0. The van der Waals surface area contributed by atoms with Crippen LogP contribution in [0, 0.1) is 0 Å². The van der Waals surface area contributed by atoms with Crippen molar-refractivity contribution >= 4 is 36.7 Å². The van der Waals surface area contributed by atoms with E-state index in [9.17, 15) is 0 Å². The Morgan fingerprint density at radius 2 is 1.86 bits per heavy atom. The maximum Gasteiger partial charge on any atom is 0.169 e. The van der Waals surface area contributed by atoms with Crippen molar-refractivity contribution in [2.45, 2.75) is 0 Å². The van der Waals surface area contributed by atoms with Crippen LogP contribution in [0.25, 0.3) is 0 Å². The quantitative estimate of drug-likeness (QED) is 0.336. The Morgan fingerprint density at radius 3 is 1.86 bits per heavy atom. The smallest absolute Gasteiger partial charge is 0.169 e. The summed E-state index contributed by atoms with van der Waals surface area (Å²) in [4.78, 5) is 0. The zero-order valence-electron chi connectivity index (χ0n) is 5.23. The van der Waals surface area contributed by atoms with Crippen molar-refractivity contribution in [2.75, 3.05) is 0 Å². The molecule has 0 unspecified atom stereocenters. The molecule has 7 heavy (non-hydrogen) atoms. The van der Waals surface area contributed by atoms with Crippen molar-refractivity contribution in [3.63, 3.8) is 0 Å². The highest BCUT2D eigenvalue weighted by atomic mass is 14.6.